The van der Waals surface area contributed by atoms with E-state index in [-0.39, 0.29) is 0 Å². The molecule has 0 N–H and O–H groups in total. The Morgan fingerprint density at radius 2 is 2.00 bits per heavy atom. The van der Waals surface area contributed by atoms with Crippen molar-refractivity contribution in [1.82, 2.24) is 9.97 Å². The lowest BCUT2D eigenvalue weighted by Gasteiger charge is -2.21. The van der Waals surface area contributed by atoms with Gasteiger partial charge in [0.2, 0.25) is 0 Å². The lowest BCUT2D eigenvalue weighted by molar-refractivity contribution is 0.420. The second-order valence-corrected chi connectivity index (χ2v) is 5.90. The third kappa shape index (κ3) is 2.31. The van der Waals surface area contributed by atoms with Crippen molar-refractivity contribution in [3.63, 3.8) is 0 Å². The van der Waals surface area contributed by atoms with Gasteiger partial charge in [-0.2, -0.15) is 0 Å². The molecule has 0 bridgehead atoms. The summed E-state index contributed by atoms with van der Waals surface area (Å²) < 4.78 is 5.44. The summed E-state index contributed by atoms with van der Waals surface area (Å²) in [5.74, 6) is 1.93. The SMILES string of the molecule is COc1cccc2cc(N(C)c3ncnc4c3CCC4)ccc12. The molecule has 1 heterocycles. The number of hydrogen-bond acceptors (Lipinski definition) is 4. The number of methoxy groups -OCH3 is 1. The van der Waals surface area contributed by atoms with Crippen LogP contribution in [0.25, 0.3) is 10.8 Å². The fraction of sp³-hybridized carbons (Fsp3) is 0.263. The first kappa shape index (κ1) is 14.0. The molecule has 0 saturated heterocycles. The maximum atomic E-state index is 5.44. The highest BCUT2D eigenvalue weighted by molar-refractivity contribution is 5.91. The van der Waals surface area contributed by atoms with Crippen LogP contribution in [-0.2, 0) is 12.8 Å². The average molecular weight is 305 g/mol. The number of benzene rings is 2. The summed E-state index contributed by atoms with van der Waals surface area (Å²) in [4.78, 5) is 11.1. The molecule has 116 valence electrons. The molecule has 2 aromatic carbocycles. The van der Waals surface area contributed by atoms with E-state index in [0.717, 1.165) is 35.5 Å². The van der Waals surface area contributed by atoms with Crippen molar-refractivity contribution < 1.29 is 4.74 Å². The zero-order chi connectivity index (χ0) is 15.8. The molecule has 3 aromatic rings. The number of aryl methyl sites for hydroxylation is 1. The molecule has 1 aliphatic rings. The van der Waals surface area contributed by atoms with Crippen molar-refractivity contribution in [3.05, 3.63) is 54.0 Å². The van der Waals surface area contributed by atoms with E-state index in [1.807, 2.05) is 12.1 Å². The first-order chi connectivity index (χ1) is 11.3. The number of anilines is 2. The fourth-order valence-corrected chi connectivity index (χ4v) is 3.38. The number of aromatic nitrogens is 2. The number of ether oxygens (including phenoxy) is 1. The first-order valence-electron chi connectivity index (χ1n) is 7.91. The third-order valence-corrected chi connectivity index (χ3v) is 4.60. The highest BCUT2D eigenvalue weighted by atomic mass is 16.5. The molecule has 1 aromatic heterocycles. The summed E-state index contributed by atoms with van der Waals surface area (Å²) in [6.07, 6.45) is 4.98. The van der Waals surface area contributed by atoms with E-state index in [1.165, 1.54) is 23.1 Å². The Labute approximate surface area is 135 Å². The molecule has 0 saturated carbocycles. The smallest absolute Gasteiger partial charge is 0.139 e. The molecule has 23 heavy (non-hydrogen) atoms. The van der Waals surface area contributed by atoms with Gasteiger partial charge in [0.1, 0.15) is 17.9 Å². The van der Waals surface area contributed by atoms with E-state index in [0.29, 0.717) is 0 Å². The van der Waals surface area contributed by atoms with Gasteiger partial charge in [-0.05, 0) is 48.9 Å². The average Bonchev–Trinajstić information content (AvgIpc) is 3.08. The summed E-state index contributed by atoms with van der Waals surface area (Å²) in [7, 11) is 3.78. The Hall–Kier alpha value is -2.62. The van der Waals surface area contributed by atoms with Crippen molar-refractivity contribution >= 4 is 22.3 Å². The van der Waals surface area contributed by atoms with Crippen LogP contribution in [0, 0.1) is 0 Å². The quantitative estimate of drug-likeness (QED) is 0.735. The van der Waals surface area contributed by atoms with Gasteiger partial charge in [-0.3, -0.25) is 0 Å². The van der Waals surface area contributed by atoms with Crippen molar-refractivity contribution in [1.29, 1.82) is 0 Å². The van der Waals surface area contributed by atoms with Crippen LogP contribution in [0.15, 0.2) is 42.7 Å². The molecule has 0 radical (unpaired) electrons. The first-order valence-corrected chi connectivity index (χ1v) is 7.91. The van der Waals surface area contributed by atoms with Gasteiger partial charge < -0.3 is 9.64 Å². The van der Waals surface area contributed by atoms with Gasteiger partial charge >= 0.3 is 0 Å². The minimum atomic E-state index is 0.902. The Bertz CT molecular complexity index is 876. The highest BCUT2D eigenvalue weighted by Gasteiger charge is 2.20. The normalized spacial score (nSPS) is 13.1. The Morgan fingerprint density at radius 1 is 1.09 bits per heavy atom. The van der Waals surface area contributed by atoms with E-state index < -0.39 is 0 Å². The van der Waals surface area contributed by atoms with E-state index in [9.17, 15) is 0 Å². The van der Waals surface area contributed by atoms with E-state index in [1.54, 1.807) is 13.4 Å². The van der Waals surface area contributed by atoms with Crippen molar-refractivity contribution in [2.24, 2.45) is 0 Å². The molecule has 0 amide bonds. The van der Waals surface area contributed by atoms with Crippen LogP contribution < -0.4 is 9.64 Å². The number of fused-ring (bicyclic) bond motifs is 2. The number of rotatable bonds is 3. The van der Waals surface area contributed by atoms with E-state index in [2.05, 4.69) is 46.2 Å². The van der Waals surface area contributed by atoms with Gasteiger partial charge in [0.25, 0.3) is 0 Å². The molecule has 4 nitrogen and oxygen atoms in total. The van der Waals surface area contributed by atoms with Crippen LogP contribution in [0.5, 0.6) is 5.75 Å². The van der Waals surface area contributed by atoms with Gasteiger partial charge in [0, 0.05) is 29.4 Å². The van der Waals surface area contributed by atoms with Crippen molar-refractivity contribution in [2.75, 3.05) is 19.1 Å². The molecule has 1 aliphatic carbocycles. The fourth-order valence-electron chi connectivity index (χ4n) is 3.38. The summed E-state index contributed by atoms with van der Waals surface area (Å²) in [6.45, 7) is 0. The van der Waals surface area contributed by atoms with Gasteiger partial charge in [-0.25, -0.2) is 9.97 Å². The van der Waals surface area contributed by atoms with Crippen LogP contribution in [0.3, 0.4) is 0 Å². The summed E-state index contributed by atoms with van der Waals surface area (Å²) in [5, 5.41) is 2.29. The third-order valence-electron chi connectivity index (χ3n) is 4.60. The molecule has 0 spiro atoms. The molecular formula is C19H19N3O. The minimum absolute atomic E-state index is 0.902. The molecular weight excluding hydrogens is 286 g/mol. The van der Waals surface area contributed by atoms with Gasteiger partial charge in [-0.15, -0.1) is 0 Å². The monoisotopic (exact) mass is 305 g/mol. The summed E-state index contributed by atoms with van der Waals surface area (Å²) >= 11 is 0. The molecule has 0 atom stereocenters. The highest BCUT2D eigenvalue weighted by Crippen LogP contribution is 2.34. The lowest BCUT2D eigenvalue weighted by atomic mass is 10.1. The maximum absolute atomic E-state index is 5.44. The zero-order valence-electron chi connectivity index (χ0n) is 13.4. The molecule has 4 heteroatoms. The standard InChI is InChI=1S/C19H19N3O/c1-22(19-16-6-4-7-17(16)20-12-21-19)14-9-10-15-13(11-14)5-3-8-18(15)23-2/h3,5,8-12H,4,6-7H2,1-2H3. The van der Waals surface area contributed by atoms with E-state index in [4.69, 9.17) is 4.74 Å². The van der Waals surface area contributed by atoms with Gasteiger partial charge in [-0.1, -0.05) is 12.1 Å². The molecule has 0 unspecified atom stereocenters. The second-order valence-electron chi connectivity index (χ2n) is 5.90. The predicted octanol–water partition coefficient (Wildman–Crippen LogP) is 3.90. The number of nitrogens with zero attached hydrogens (tertiary/aromatic N) is 3. The van der Waals surface area contributed by atoms with Gasteiger partial charge in [0.15, 0.2) is 0 Å². The minimum Gasteiger partial charge on any atom is -0.496 e. The largest absolute Gasteiger partial charge is 0.496 e. The molecule has 0 fully saturated rings. The van der Waals surface area contributed by atoms with Crippen LogP contribution in [0.4, 0.5) is 11.5 Å². The van der Waals surface area contributed by atoms with Crippen LogP contribution >= 0.6 is 0 Å². The van der Waals surface area contributed by atoms with Crippen molar-refractivity contribution in [3.8, 4) is 5.75 Å². The molecule has 4 rings (SSSR count). The van der Waals surface area contributed by atoms with Crippen LogP contribution in [0.2, 0.25) is 0 Å². The van der Waals surface area contributed by atoms with Gasteiger partial charge in [0.05, 0.1) is 7.11 Å². The number of hydrogen-bond donors (Lipinski definition) is 0. The summed E-state index contributed by atoms with van der Waals surface area (Å²) in [5.41, 5.74) is 3.61. The summed E-state index contributed by atoms with van der Waals surface area (Å²) in [6, 6.07) is 12.5. The Morgan fingerprint density at radius 3 is 2.87 bits per heavy atom. The van der Waals surface area contributed by atoms with E-state index >= 15 is 0 Å². The van der Waals surface area contributed by atoms with Crippen LogP contribution in [-0.4, -0.2) is 24.1 Å². The second kappa shape index (κ2) is 5.54. The maximum Gasteiger partial charge on any atom is 0.139 e. The topological polar surface area (TPSA) is 38.2 Å². The Kier molecular flexibility index (Phi) is 3.37. The predicted molar refractivity (Wildman–Crippen MR) is 92.6 cm³/mol. The van der Waals surface area contributed by atoms with Crippen LogP contribution in [0.1, 0.15) is 17.7 Å². The zero-order valence-corrected chi connectivity index (χ0v) is 13.4. The Balaban J connectivity index is 1.79. The lowest BCUT2D eigenvalue weighted by Crippen LogP contribution is -2.14. The van der Waals surface area contributed by atoms with Crippen molar-refractivity contribution in [2.45, 2.75) is 19.3 Å². The molecule has 0 aliphatic heterocycles.